The molecule has 1 aromatic carbocycles. The average molecular weight is 338 g/mol. The first-order valence-electron chi connectivity index (χ1n) is 6.55. The van der Waals surface area contributed by atoms with Gasteiger partial charge in [0.2, 0.25) is 0 Å². The average Bonchev–Trinajstić information content (AvgIpc) is 2.39. The maximum absolute atomic E-state index is 12.2. The summed E-state index contributed by atoms with van der Waals surface area (Å²) in [7, 11) is 0. The van der Waals surface area contributed by atoms with E-state index < -0.39 is 0 Å². The first-order valence-corrected chi connectivity index (χ1v) is 7.30. The number of amides is 1. The van der Waals surface area contributed by atoms with Crippen molar-refractivity contribution in [3.05, 3.63) is 33.8 Å². The van der Waals surface area contributed by atoms with Crippen molar-refractivity contribution in [2.45, 2.75) is 25.8 Å². The minimum atomic E-state index is -0.200. The number of carbonyl (C=O) groups excluding carboxylic acids is 1. The molecule has 1 aliphatic rings. The number of nitrogens with one attached hydrogen (secondary N) is 2. The van der Waals surface area contributed by atoms with Crippen molar-refractivity contribution in [2.24, 2.45) is 5.92 Å². The normalized spacial score (nSPS) is 19.9. The van der Waals surface area contributed by atoms with Gasteiger partial charge in [0.1, 0.15) is 0 Å². The molecule has 0 spiro atoms. The summed E-state index contributed by atoms with van der Waals surface area (Å²) >= 11 is 12.1. The first kappa shape index (κ1) is 17.6. The van der Waals surface area contributed by atoms with E-state index in [1.807, 2.05) is 6.92 Å². The van der Waals surface area contributed by atoms with Crippen molar-refractivity contribution >= 4 is 41.5 Å². The van der Waals surface area contributed by atoms with E-state index in [0.717, 1.165) is 25.9 Å². The van der Waals surface area contributed by atoms with Crippen LogP contribution in [0.2, 0.25) is 10.0 Å². The molecule has 0 aliphatic carbocycles. The van der Waals surface area contributed by atoms with Gasteiger partial charge >= 0.3 is 0 Å². The fraction of sp³-hybridized carbons (Fsp3) is 0.500. The number of hydrogen-bond acceptors (Lipinski definition) is 2. The lowest BCUT2D eigenvalue weighted by atomic mass is 9.92. The van der Waals surface area contributed by atoms with Gasteiger partial charge in [0, 0.05) is 6.04 Å². The van der Waals surface area contributed by atoms with Crippen molar-refractivity contribution in [2.75, 3.05) is 13.1 Å². The zero-order valence-corrected chi connectivity index (χ0v) is 13.6. The summed E-state index contributed by atoms with van der Waals surface area (Å²) in [6.07, 6.45) is 2.28. The monoisotopic (exact) mass is 336 g/mol. The highest BCUT2D eigenvalue weighted by Crippen LogP contribution is 2.24. The summed E-state index contributed by atoms with van der Waals surface area (Å²) in [5, 5.41) is 7.12. The van der Waals surface area contributed by atoms with Crippen LogP contribution in [-0.4, -0.2) is 25.0 Å². The molecule has 1 aliphatic heterocycles. The molecule has 2 N–H and O–H groups in total. The molecule has 2 rings (SSSR count). The molecule has 1 saturated heterocycles. The van der Waals surface area contributed by atoms with Crippen LogP contribution in [0.4, 0.5) is 0 Å². The molecule has 3 nitrogen and oxygen atoms in total. The smallest absolute Gasteiger partial charge is 0.254 e. The standard InChI is InChI=1S/C14H18Cl2N2O.ClH/c1-9(10-4-3-7-17-8-10)18-14(19)13-11(15)5-2-6-12(13)16;/h2,5-6,9-10,17H,3-4,7-8H2,1H3,(H,18,19);1H. The molecule has 1 heterocycles. The number of benzene rings is 1. The number of piperidine rings is 1. The van der Waals surface area contributed by atoms with Gasteiger partial charge in [0.15, 0.2) is 0 Å². The predicted octanol–water partition coefficient (Wildman–Crippen LogP) is 3.53. The summed E-state index contributed by atoms with van der Waals surface area (Å²) in [6.45, 7) is 4.03. The SMILES string of the molecule is CC(NC(=O)c1c(Cl)cccc1Cl)C1CCCNC1.Cl. The Morgan fingerprint density at radius 1 is 1.40 bits per heavy atom. The summed E-state index contributed by atoms with van der Waals surface area (Å²) in [6, 6.07) is 5.19. The van der Waals surface area contributed by atoms with Crippen molar-refractivity contribution in [3.8, 4) is 0 Å². The zero-order valence-electron chi connectivity index (χ0n) is 11.3. The molecule has 1 aromatic rings. The van der Waals surface area contributed by atoms with Crippen LogP contribution < -0.4 is 10.6 Å². The Kier molecular flexibility index (Phi) is 7.10. The Hall–Kier alpha value is -0.480. The zero-order chi connectivity index (χ0) is 13.8. The molecule has 6 heteroatoms. The van der Waals surface area contributed by atoms with Crippen molar-refractivity contribution in [3.63, 3.8) is 0 Å². The van der Waals surface area contributed by atoms with Crippen LogP contribution in [0.3, 0.4) is 0 Å². The molecule has 20 heavy (non-hydrogen) atoms. The molecule has 2 unspecified atom stereocenters. The molecule has 0 saturated carbocycles. The number of rotatable bonds is 3. The third-order valence-corrected chi connectivity index (χ3v) is 4.22. The van der Waals surface area contributed by atoms with E-state index in [2.05, 4.69) is 10.6 Å². The van der Waals surface area contributed by atoms with Crippen LogP contribution in [0.25, 0.3) is 0 Å². The molecule has 1 fully saturated rings. The summed E-state index contributed by atoms with van der Waals surface area (Å²) in [5.41, 5.74) is 0.362. The van der Waals surface area contributed by atoms with Gasteiger partial charge in [0.25, 0.3) is 5.91 Å². The van der Waals surface area contributed by atoms with E-state index in [9.17, 15) is 4.79 Å². The van der Waals surface area contributed by atoms with Gasteiger partial charge < -0.3 is 10.6 Å². The van der Waals surface area contributed by atoms with Crippen molar-refractivity contribution in [1.82, 2.24) is 10.6 Å². The fourth-order valence-electron chi connectivity index (χ4n) is 2.42. The van der Waals surface area contributed by atoms with E-state index in [1.165, 1.54) is 0 Å². The Morgan fingerprint density at radius 2 is 2.05 bits per heavy atom. The second kappa shape index (κ2) is 8.08. The van der Waals surface area contributed by atoms with Gasteiger partial charge in [0.05, 0.1) is 15.6 Å². The highest BCUT2D eigenvalue weighted by molar-refractivity contribution is 6.39. The predicted molar refractivity (Wildman–Crippen MR) is 86.2 cm³/mol. The lowest BCUT2D eigenvalue weighted by Gasteiger charge is -2.29. The van der Waals surface area contributed by atoms with Gasteiger partial charge in [-0.1, -0.05) is 29.3 Å². The minimum Gasteiger partial charge on any atom is -0.349 e. The first-order chi connectivity index (χ1) is 9.09. The summed E-state index contributed by atoms with van der Waals surface area (Å²) < 4.78 is 0. The maximum atomic E-state index is 12.2. The third kappa shape index (κ3) is 4.26. The summed E-state index contributed by atoms with van der Waals surface area (Å²) in [4.78, 5) is 12.2. The third-order valence-electron chi connectivity index (χ3n) is 3.59. The molecular formula is C14H19Cl3N2O. The van der Waals surface area contributed by atoms with Gasteiger partial charge in [-0.15, -0.1) is 12.4 Å². The van der Waals surface area contributed by atoms with Crippen LogP contribution in [0.15, 0.2) is 18.2 Å². The molecule has 0 bridgehead atoms. The molecule has 2 atom stereocenters. The van der Waals surface area contributed by atoms with Gasteiger partial charge in [-0.3, -0.25) is 4.79 Å². The molecule has 112 valence electrons. The second-order valence-corrected chi connectivity index (χ2v) is 5.78. The van der Waals surface area contributed by atoms with E-state index in [1.54, 1.807) is 18.2 Å². The van der Waals surface area contributed by atoms with Gasteiger partial charge in [-0.05, 0) is 50.9 Å². The van der Waals surface area contributed by atoms with Crippen LogP contribution in [0, 0.1) is 5.92 Å². The Balaban J connectivity index is 0.00000200. The van der Waals surface area contributed by atoms with Crippen LogP contribution in [0.1, 0.15) is 30.1 Å². The fourth-order valence-corrected chi connectivity index (χ4v) is 2.99. The van der Waals surface area contributed by atoms with Gasteiger partial charge in [-0.25, -0.2) is 0 Å². The van der Waals surface area contributed by atoms with E-state index in [0.29, 0.717) is 21.5 Å². The molecule has 1 amide bonds. The van der Waals surface area contributed by atoms with E-state index in [-0.39, 0.29) is 24.4 Å². The van der Waals surface area contributed by atoms with E-state index >= 15 is 0 Å². The number of halogens is 3. The second-order valence-electron chi connectivity index (χ2n) is 4.97. The largest absolute Gasteiger partial charge is 0.349 e. The highest BCUT2D eigenvalue weighted by Gasteiger charge is 2.23. The molecule has 0 radical (unpaired) electrons. The lowest BCUT2D eigenvalue weighted by molar-refractivity contribution is 0.0922. The topological polar surface area (TPSA) is 41.1 Å². The van der Waals surface area contributed by atoms with E-state index in [4.69, 9.17) is 23.2 Å². The summed E-state index contributed by atoms with van der Waals surface area (Å²) in [5.74, 6) is 0.257. The van der Waals surface area contributed by atoms with Crippen molar-refractivity contribution < 1.29 is 4.79 Å². The Bertz CT molecular complexity index is 441. The van der Waals surface area contributed by atoms with Crippen LogP contribution in [0.5, 0.6) is 0 Å². The number of carbonyl (C=O) groups is 1. The maximum Gasteiger partial charge on any atom is 0.254 e. The molecular weight excluding hydrogens is 319 g/mol. The Morgan fingerprint density at radius 3 is 2.60 bits per heavy atom. The molecule has 0 aromatic heterocycles. The number of hydrogen-bond donors (Lipinski definition) is 2. The highest BCUT2D eigenvalue weighted by atomic mass is 35.5. The van der Waals surface area contributed by atoms with Crippen LogP contribution >= 0.6 is 35.6 Å². The Labute approximate surface area is 135 Å². The quantitative estimate of drug-likeness (QED) is 0.886. The minimum absolute atomic E-state index is 0. The van der Waals surface area contributed by atoms with Crippen LogP contribution in [-0.2, 0) is 0 Å². The van der Waals surface area contributed by atoms with Gasteiger partial charge in [-0.2, -0.15) is 0 Å². The van der Waals surface area contributed by atoms with Crippen molar-refractivity contribution in [1.29, 1.82) is 0 Å². The lowest BCUT2D eigenvalue weighted by Crippen LogP contribution is -2.44.